The first-order valence-corrected chi connectivity index (χ1v) is 10.4. The second-order valence-corrected chi connectivity index (χ2v) is 7.70. The van der Waals surface area contributed by atoms with Gasteiger partial charge in [-0.05, 0) is 30.3 Å². The van der Waals surface area contributed by atoms with Gasteiger partial charge in [0.25, 0.3) is 17.7 Å². The Morgan fingerprint density at radius 2 is 1.50 bits per heavy atom. The van der Waals surface area contributed by atoms with E-state index in [1.54, 1.807) is 18.2 Å². The van der Waals surface area contributed by atoms with Crippen LogP contribution in [-0.4, -0.2) is 41.3 Å². The number of nitrogens with zero attached hydrogens (tertiary/aromatic N) is 3. The lowest BCUT2D eigenvalue weighted by atomic mass is 9.98. The topological polar surface area (TPSA) is 113 Å². The molecule has 11 heteroatoms. The molecule has 3 aromatic rings. The molecule has 0 radical (unpaired) electrons. The Labute approximate surface area is 202 Å². The molecule has 0 unspecified atom stereocenters. The van der Waals surface area contributed by atoms with Crippen LogP contribution in [-0.2, 0) is 11.0 Å². The summed E-state index contributed by atoms with van der Waals surface area (Å²) in [6, 6.07) is 15.8. The summed E-state index contributed by atoms with van der Waals surface area (Å²) < 4.78 is 40.3. The van der Waals surface area contributed by atoms with E-state index in [-0.39, 0.29) is 22.4 Å². The first-order chi connectivity index (χ1) is 17.1. The van der Waals surface area contributed by atoms with Crippen LogP contribution < -0.4 is 10.7 Å². The number of fused-ring (bicyclic) bond motifs is 1. The van der Waals surface area contributed by atoms with Gasteiger partial charge in [0.2, 0.25) is 0 Å². The largest absolute Gasteiger partial charge is 0.416 e. The summed E-state index contributed by atoms with van der Waals surface area (Å²) >= 11 is 0. The van der Waals surface area contributed by atoms with Gasteiger partial charge < -0.3 is 5.84 Å². The van der Waals surface area contributed by atoms with Crippen molar-refractivity contribution in [3.63, 3.8) is 0 Å². The van der Waals surface area contributed by atoms with Crippen molar-refractivity contribution >= 4 is 35.5 Å². The number of carbonyl (C=O) groups excluding carboxylic acids is 4. The summed E-state index contributed by atoms with van der Waals surface area (Å²) in [7, 11) is 0. The Kier molecular flexibility index (Phi) is 6.39. The van der Waals surface area contributed by atoms with Gasteiger partial charge in [-0.2, -0.15) is 18.3 Å². The minimum absolute atomic E-state index is 0.0792. The zero-order valence-electron chi connectivity index (χ0n) is 18.4. The molecule has 0 saturated carbocycles. The molecule has 2 N–H and O–H groups in total. The highest BCUT2D eigenvalue weighted by Gasteiger charge is 2.38. The summed E-state index contributed by atoms with van der Waals surface area (Å²) in [4.78, 5) is 53.2. The smallest absolute Gasteiger partial charge is 0.322 e. The van der Waals surface area contributed by atoms with Crippen LogP contribution in [0.2, 0.25) is 0 Å². The van der Waals surface area contributed by atoms with Crippen molar-refractivity contribution in [2.45, 2.75) is 6.18 Å². The van der Waals surface area contributed by atoms with Crippen molar-refractivity contribution in [2.24, 2.45) is 10.9 Å². The lowest BCUT2D eigenvalue weighted by molar-refractivity contribution is -0.137. The minimum Gasteiger partial charge on any atom is -0.322 e. The number of rotatable bonds is 6. The second kappa shape index (κ2) is 9.45. The maximum Gasteiger partial charge on any atom is 0.416 e. The van der Waals surface area contributed by atoms with Crippen LogP contribution >= 0.6 is 0 Å². The average molecular weight is 494 g/mol. The number of hydrazone groups is 1. The molecule has 8 nitrogen and oxygen atoms in total. The highest BCUT2D eigenvalue weighted by atomic mass is 19.4. The molecule has 0 spiro atoms. The van der Waals surface area contributed by atoms with Gasteiger partial charge in [0.15, 0.2) is 5.78 Å². The zero-order valence-corrected chi connectivity index (χ0v) is 18.4. The molecule has 0 fully saturated rings. The molecular formula is C25H17F3N4O4. The van der Waals surface area contributed by atoms with Gasteiger partial charge in [-0.3, -0.25) is 29.0 Å². The number of benzene rings is 3. The van der Waals surface area contributed by atoms with Gasteiger partial charge >= 0.3 is 6.18 Å². The van der Waals surface area contributed by atoms with Gasteiger partial charge in [0, 0.05) is 11.1 Å². The monoisotopic (exact) mass is 494 g/mol. The SMILES string of the molecule is NN=CN(C(=O)CN1C(=O)c2ccccc2C1=O)c1ccc(C(F)(F)F)cc1C(=O)c1ccccc1. The highest BCUT2D eigenvalue weighted by Crippen LogP contribution is 2.34. The van der Waals surface area contributed by atoms with Gasteiger partial charge in [-0.15, -0.1) is 0 Å². The molecule has 0 aromatic heterocycles. The standard InChI is InChI=1S/C25H17F3N4O4/c26-25(27,28)16-10-11-20(19(12-16)22(34)15-6-2-1-3-7-15)32(14-30-29)21(33)13-31-23(35)17-8-4-5-9-18(17)24(31)36/h1-12,14H,13,29H2. The van der Waals surface area contributed by atoms with E-state index in [1.807, 2.05) is 0 Å². The number of hydrogen-bond acceptors (Lipinski definition) is 6. The number of halogens is 3. The van der Waals surface area contributed by atoms with E-state index in [4.69, 9.17) is 5.84 Å². The fraction of sp³-hybridized carbons (Fsp3) is 0.0800. The first-order valence-electron chi connectivity index (χ1n) is 10.4. The predicted molar refractivity (Wildman–Crippen MR) is 123 cm³/mol. The van der Waals surface area contributed by atoms with Crippen molar-refractivity contribution in [1.29, 1.82) is 0 Å². The molecule has 1 aliphatic heterocycles. The molecule has 182 valence electrons. The van der Waals surface area contributed by atoms with Crippen molar-refractivity contribution in [3.05, 3.63) is 101 Å². The van der Waals surface area contributed by atoms with Crippen molar-refractivity contribution < 1.29 is 32.3 Å². The number of nitrogens with two attached hydrogens (primary N) is 1. The average Bonchev–Trinajstić information content (AvgIpc) is 3.11. The Bertz CT molecular complexity index is 1370. The van der Waals surface area contributed by atoms with Crippen molar-refractivity contribution in [1.82, 2.24) is 4.90 Å². The number of imide groups is 1. The summed E-state index contributed by atoms with van der Waals surface area (Å²) in [6.45, 7) is -0.766. The normalized spacial score (nSPS) is 13.2. The van der Waals surface area contributed by atoms with Crippen LogP contribution in [0.15, 0.2) is 77.9 Å². The summed E-state index contributed by atoms with van der Waals surface area (Å²) in [6.07, 6.45) is -3.97. The molecule has 0 atom stereocenters. The summed E-state index contributed by atoms with van der Waals surface area (Å²) in [5, 5.41) is 3.29. The number of ketones is 1. The van der Waals surface area contributed by atoms with E-state index in [0.717, 1.165) is 17.3 Å². The number of alkyl halides is 3. The van der Waals surface area contributed by atoms with E-state index in [2.05, 4.69) is 5.10 Å². The quantitative estimate of drug-likeness (QED) is 0.141. The molecular weight excluding hydrogens is 477 g/mol. The van der Waals surface area contributed by atoms with Gasteiger partial charge in [-0.25, -0.2) is 0 Å². The molecule has 1 heterocycles. The van der Waals surface area contributed by atoms with Crippen LogP contribution in [0.3, 0.4) is 0 Å². The number of amides is 3. The Morgan fingerprint density at radius 1 is 0.917 bits per heavy atom. The van der Waals surface area contributed by atoms with E-state index >= 15 is 0 Å². The number of hydrogen-bond donors (Lipinski definition) is 1. The fourth-order valence-corrected chi connectivity index (χ4v) is 3.77. The third kappa shape index (κ3) is 4.45. The van der Waals surface area contributed by atoms with E-state index in [1.165, 1.54) is 36.4 Å². The summed E-state index contributed by atoms with van der Waals surface area (Å²) in [5.74, 6) is 2.10. The van der Waals surface area contributed by atoms with E-state index < -0.39 is 47.4 Å². The fourth-order valence-electron chi connectivity index (χ4n) is 3.77. The second-order valence-electron chi connectivity index (χ2n) is 7.70. The molecule has 0 bridgehead atoms. The van der Waals surface area contributed by atoms with Crippen LogP contribution in [0.5, 0.6) is 0 Å². The molecule has 0 saturated heterocycles. The zero-order chi connectivity index (χ0) is 26.0. The third-order valence-electron chi connectivity index (χ3n) is 5.49. The van der Waals surface area contributed by atoms with Crippen molar-refractivity contribution in [2.75, 3.05) is 11.4 Å². The number of carbonyl (C=O) groups is 4. The highest BCUT2D eigenvalue weighted by molar-refractivity contribution is 6.24. The summed E-state index contributed by atoms with van der Waals surface area (Å²) in [5.41, 5.74) is -1.51. The van der Waals surface area contributed by atoms with Crippen LogP contribution in [0.4, 0.5) is 18.9 Å². The molecule has 0 aliphatic carbocycles. The van der Waals surface area contributed by atoms with Gasteiger partial charge in [0.1, 0.15) is 12.9 Å². The number of anilines is 1. The minimum atomic E-state index is -4.76. The van der Waals surface area contributed by atoms with Gasteiger partial charge in [-0.1, -0.05) is 42.5 Å². The van der Waals surface area contributed by atoms with Crippen LogP contribution in [0, 0.1) is 0 Å². The molecule has 36 heavy (non-hydrogen) atoms. The Balaban J connectivity index is 1.74. The van der Waals surface area contributed by atoms with Crippen molar-refractivity contribution in [3.8, 4) is 0 Å². The first kappa shape index (κ1) is 24.3. The van der Waals surface area contributed by atoms with Crippen LogP contribution in [0.1, 0.15) is 42.2 Å². The lowest BCUT2D eigenvalue weighted by Gasteiger charge is -2.23. The maximum absolute atomic E-state index is 13.4. The Hall–Kier alpha value is -4.80. The maximum atomic E-state index is 13.4. The Morgan fingerprint density at radius 3 is 2.06 bits per heavy atom. The molecule has 3 amide bonds. The van der Waals surface area contributed by atoms with Crippen LogP contribution in [0.25, 0.3) is 0 Å². The van der Waals surface area contributed by atoms with E-state index in [0.29, 0.717) is 17.0 Å². The van der Waals surface area contributed by atoms with Gasteiger partial charge in [0.05, 0.1) is 22.4 Å². The molecule has 3 aromatic carbocycles. The third-order valence-corrected chi connectivity index (χ3v) is 5.49. The molecule has 1 aliphatic rings. The predicted octanol–water partition coefficient (Wildman–Crippen LogP) is 3.47. The lowest BCUT2D eigenvalue weighted by Crippen LogP contribution is -2.43. The molecule has 4 rings (SSSR count). The van der Waals surface area contributed by atoms with E-state index in [9.17, 15) is 32.3 Å².